The first-order valence-corrected chi connectivity index (χ1v) is 8.33. The van der Waals surface area contributed by atoms with Gasteiger partial charge >= 0.3 is 0 Å². The van der Waals surface area contributed by atoms with Crippen molar-refractivity contribution < 1.29 is 13.9 Å². The molecule has 7 heteroatoms. The molecule has 0 fully saturated rings. The molecule has 0 spiro atoms. The molecule has 0 saturated heterocycles. The summed E-state index contributed by atoms with van der Waals surface area (Å²) in [4.78, 5) is 12.4. The maximum Gasteiger partial charge on any atom is 0.274 e. The van der Waals surface area contributed by atoms with E-state index in [4.69, 9.17) is 4.74 Å². The van der Waals surface area contributed by atoms with Crippen molar-refractivity contribution in [3.63, 3.8) is 0 Å². The van der Waals surface area contributed by atoms with Crippen LogP contribution in [0.3, 0.4) is 0 Å². The average Bonchev–Trinajstić information content (AvgIpc) is 3.11. The number of amides is 1. The molecule has 0 aliphatic carbocycles. The Kier molecular flexibility index (Phi) is 4.45. The van der Waals surface area contributed by atoms with Gasteiger partial charge in [-0.25, -0.2) is 9.07 Å². The van der Waals surface area contributed by atoms with Crippen LogP contribution in [-0.4, -0.2) is 20.9 Å². The van der Waals surface area contributed by atoms with Crippen LogP contribution in [0.5, 0.6) is 0 Å². The van der Waals surface area contributed by atoms with Gasteiger partial charge < -0.3 is 10.1 Å². The largest absolute Gasteiger partial charge is 0.365 e. The van der Waals surface area contributed by atoms with E-state index in [0.29, 0.717) is 17.8 Å². The lowest BCUT2D eigenvalue weighted by atomic mass is 10.1. The first-order valence-electron chi connectivity index (χ1n) is 8.33. The van der Waals surface area contributed by atoms with Crippen LogP contribution in [-0.2, 0) is 24.4 Å². The molecular formula is C19H17FN4O2. The van der Waals surface area contributed by atoms with Crippen LogP contribution < -0.4 is 5.32 Å². The van der Waals surface area contributed by atoms with Gasteiger partial charge in [-0.1, -0.05) is 53.7 Å². The van der Waals surface area contributed by atoms with Gasteiger partial charge in [-0.15, -0.1) is 5.10 Å². The van der Waals surface area contributed by atoms with E-state index in [9.17, 15) is 9.18 Å². The van der Waals surface area contributed by atoms with Crippen molar-refractivity contribution in [1.29, 1.82) is 0 Å². The van der Waals surface area contributed by atoms with Crippen LogP contribution in [0.25, 0.3) is 0 Å². The van der Waals surface area contributed by atoms with Gasteiger partial charge in [0.15, 0.2) is 5.69 Å². The molecule has 132 valence electrons. The van der Waals surface area contributed by atoms with Gasteiger partial charge in [-0.2, -0.15) is 0 Å². The van der Waals surface area contributed by atoms with E-state index in [1.807, 2.05) is 30.3 Å². The lowest BCUT2D eigenvalue weighted by Gasteiger charge is -2.24. The highest BCUT2D eigenvalue weighted by Crippen LogP contribution is 2.26. The van der Waals surface area contributed by atoms with Crippen LogP contribution in [0.15, 0.2) is 54.6 Å². The Bertz CT molecular complexity index is 926. The summed E-state index contributed by atoms with van der Waals surface area (Å²) in [5.41, 5.74) is 2.32. The molecule has 0 saturated carbocycles. The van der Waals surface area contributed by atoms with E-state index in [0.717, 1.165) is 5.56 Å². The Morgan fingerprint density at radius 1 is 1.19 bits per heavy atom. The molecule has 0 radical (unpaired) electrons. The smallest absolute Gasteiger partial charge is 0.274 e. The fraction of sp³-hybridized carbons (Fsp3) is 0.211. The predicted octanol–water partition coefficient (Wildman–Crippen LogP) is 2.62. The van der Waals surface area contributed by atoms with Gasteiger partial charge in [-0.3, -0.25) is 4.79 Å². The minimum absolute atomic E-state index is 0.0886. The summed E-state index contributed by atoms with van der Waals surface area (Å²) in [5.74, 6) is -0.747. The second-order valence-electron chi connectivity index (χ2n) is 6.05. The van der Waals surface area contributed by atoms with Gasteiger partial charge in [0.2, 0.25) is 0 Å². The molecular weight excluding hydrogens is 335 g/mol. The topological polar surface area (TPSA) is 69.0 Å². The molecule has 0 bridgehead atoms. The Morgan fingerprint density at radius 3 is 2.77 bits per heavy atom. The second kappa shape index (κ2) is 7.05. The summed E-state index contributed by atoms with van der Waals surface area (Å²) in [6.07, 6.45) is -0.125. The van der Waals surface area contributed by atoms with Gasteiger partial charge in [-0.05, 0) is 11.6 Å². The number of nitrogens with zero attached hydrogens (tertiary/aromatic N) is 3. The highest BCUT2D eigenvalue weighted by atomic mass is 19.1. The first-order chi connectivity index (χ1) is 12.7. The minimum atomic E-state index is -0.392. The third-order valence-corrected chi connectivity index (χ3v) is 4.38. The number of carbonyl (C=O) groups is 1. The summed E-state index contributed by atoms with van der Waals surface area (Å²) >= 11 is 0. The van der Waals surface area contributed by atoms with E-state index in [2.05, 4.69) is 15.6 Å². The summed E-state index contributed by atoms with van der Waals surface area (Å²) in [5, 5.41) is 10.8. The number of carbonyl (C=O) groups excluding carboxylic acids is 1. The zero-order valence-corrected chi connectivity index (χ0v) is 13.9. The van der Waals surface area contributed by atoms with Crippen molar-refractivity contribution in [3.05, 3.63) is 82.9 Å². The molecule has 1 aliphatic rings. The van der Waals surface area contributed by atoms with E-state index in [1.54, 1.807) is 22.9 Å². The normalized spacial score (nSPS) is 16.1. The fourth-order valence-corrected chi connectivity index (χ4v) is 2.96. The van der Waals surface area contributed by atoms with Crippen LogP contribution >= 0.6 is 0 Å². The second-order valence-corrected chi connectivity index (χ2v) is 6.05. The van der Waals surface area contributed by atoms with Crippen LogP contribution in [0, 0.1) is 5.82 Å². The number of hydrogen-bond acceptors (Lipinski definition) is 4. The molecule has 26 heavy (non-hydrogen) atoms. The number of benzene rings is 2. The molecule has 1 aromatic heterocycles. The maximum absolute atomic E-state index is 13.7. The third-order valence-electron chi connectivity index (χ3n) is 4.38. The van der Waals surface area contributed by atoms with Crippen LogP contribution in [0.4, 0.5) is 4.39 Å². The van der Waals surface area contributed by atoms with Crippen LogP contribution in [0.1, 0.15) is 33.4 Å². The molecule has 4 rings (SSSR count). The quantitative estimate of drug-likeness (QED) is 0.784. The summed E-state index contributed by atoms with van der Waals surface area (Å²) in [6, 6.07) is 16.2. The molecule has 1 aliphatic heterocycles. The highest BCUT2D eigenvalue weighted by Gasteiger charge is 2.27. The Hall–Kier alpha value is -3.06. The molecule has 3 aromatic rings. The number of fused-ring (bicyclic) bond motifs is 1. The highest BCUT2D eigenvalue weighted by molar-refractivity contribution is 5.93. The Labute approximate surface area is 149 Å². The average molecular weight is 352 g/mol. The minimum Gasteiger partial charge on any atom is -0.365 e. The molecule has 2 heterocycles. The zero-order valence-electron chi connectivity index (χ0n) is 13.9. The van der Waals surface area contributed by atoms with Gasteiger partial charge in [0.05, 0.1) is 18.8 Å². The Balaban J connectivity index is 1.46. The Morgan fingerprint density at radius 2 is 1.96 bits per heavy atom. The van der Waals surface area contributed by atoms with E-state index in [-0.39, 0.29) is 30.8 Å². The first kappa shape index (κ1) is 16.4. The standard InChI is InChI=1S/C19H17FN4O2/c20-15-9-5-4-8-14(15)10-21-19(25)18-16-12-26-17(11-24(16)23-22-18)13-6-2-1-3-7-13/h1-9,17H,10-12H2,(H,21,25)/t17-/m1/s1. The van der Waals surface area contributed by atoms with Gasteiger partial charge in [0.1, 0.15) is 11.9 Å². The number of ether oxygens (including phenoxy) is 1. The predicted molar refractivity (Wildman–Crippen MR) is 91.6 cm³/mol. The molecule has 6 nitrogen and oxygen atoms in total. The van der Waals surface area contributed by atoms with E-state index < -0.39 is 5.91 Å². The molecule has 1 atom stereocenters. The van der Waals surface area contributed by atoms with Crippen molar-refractivity contribution in [2.75, 3.05) is 0 Å². The van der Waals surface area contributed by atoms with E-state index >= 15 is 0 Å². The molecule has 1 N–H and O–H groups in total. The number of aromatic nitrogens is 3. The summed E-state index contributed by atoms with van der Waals surface area (Å²) < 4.78 is 21.2. The van der Waals surface area contributed by atoms with E-state index in [1.165, 1.54) is 6.07 Å². The summed E-state index contributed by atoms with van der Waals surface area (Å²) in [6.45, 7) is 0.827. The van der Waals surface area contributed by atoms with Gasteiger partial charge in [0.25, 0.3) is 5.91 Å². The monoisotopic (exact) mass is 352 g/mol. The van der Waals surface area contributed by atoms with Crippen molar-refractivity contribution in [2.45, 2.75) is 25.8 Å². The molecule has 0 unspecified atom stereocenters. The maximum atomic E-state index is 13.7. The molecule has 2 aromatic carbocycles. The SMILES string of the molecule is O=C(NCc1ccccc1F)c1nnn2c1CO[C@@H](c1ccccc1)C2. The third kappa shape index (κ3) is 3.21. The number of rotatable bonds is 4. The lowest BCUT2D eigenvalue weighted by molar-refractivity contribution is -0.00177. The van der Waals surface area contributed by atoms with Crippen molar-refractivity contribution in [2.24, 2.45) is 0 Å². The van der Waals surface area contributed by atoms with Gasteiger partial charge in [0, 0.05) is 12.1 Å². The number of nitrogens with one attached hydrogen (secondary N) is 1. The van der Waals surface area contributed by atoms with Crippen molar-refractivity contribution >= 4 is 5.91 Å². The van der Waals surface area contributed by atoms with Crippen molar-refractivity contribution in [3.8, 4) is 0 Å². The number of hydrogen-bond donors (Lipinski definition) is 1. The number of halogens is 1. The lowest BCUT2D eigenvalue weighted by Crippen LogP contribution is -2.27. The van der Waals surface area contributed by atoms with Crippen LogP contribution in [0.2, 0.25) is 0 Å². The molecule has 1 amide bonds. The zero-order chi connectivity index (χ0) is 17.9. The van der Waals surface area contributed by atoms with Crippen molar-refractivity contribution in [1.82, 2.24) is 20.3 Å². The summed E-state index contributed by atoms with van der Waals surface area (Å²) in [7, 11) is 0. The fourth-order valence-electron chi connectivity index (χ4n) is 2.96.